The summed E-state index contributed by atoms with van der Waals surface area (Å²) in [5.74, 6) is -0.508. The first-order valence-electron chi connectivity index (χ1n) is 7.42. The first-order valence-corrected chi connectivity index (χ1v) is 8.17. The predicted molar refractivity (Wildman–Crippen MR) is 97.9 cm³/mol. The van der Waals surface area contributed by atoms with Gasteiger partial charge in [-0.15, -0.1) is 0 Å². The van der Waals surface area contributed by atoms with E-state index in [0.29, 0.717) is 21.3 Å². The number of benzene rings is 2. The molecular formula is C18H13Cl2N3O2. The smallest absolute Gasteiger partial charge is 0.277 e. The lowest BCUT2D eigenvalue weighted by atomic mass is 10.1. The Morgan fingerprint density at radius 2 is 1.84 bits per heavy atom. The highest BCUT2D eigenvalue weighted by molar-refractivity contribution is 6.35. The first-order chi connectivity index (χ1) is 12.0. The van der Waals surface area contributed by atoms with Crippen LogP contribution in [0, 0.1) is 0 Å². The molecule has 1 amide bonds. The molecule has 0 saturated heterocycles. The molecule has 2 aromatic carbocycles. The summed E-state index contributed by atoms with van der Waals surface area (Å²) in [5, 5.41) is 9.97. The van der Waals surface area contributed by atoms with E-state index in [-0.39, 0.29) is 12.1 Å². The van der Waals surface area contributed by atoms with E-state index in [2.05, 4.69) is 15.5 Å². The van der Waals surface area contributed by atoms with Gasteiger partial charge in [-0.3, -0.25) is 9.59 Å². The number of nitrogens with zero attached hydrogens (tertiary/aromatic N) is 1. The molecule has 2 N–H and O–H groups in total. The number of carbonyl (C=O) groups is 1. The monoisotopic (exact) mass is 373 g/mol. The SMILES string of the molecule is O=C(NCc1ccc(Cl)cc1Cl)c1cc(-c2ccccc2)n[nH]c1=O. The molecule has 5 nitrogen and oxygen atoms in total. The summed E-state index contributed by atoms with van der Waals surface area (Å²) in [6, 6.07) is 15.7. The van der Waals surface area contributed by atoms with Crippen LogP contribution in [0.1, 0.15) is 15.9 Å². The number of aromatic amines is 1. The Hall–Kier alpha value is -2.63. The van der Waals surface area contributed by atoms with Crippen molar-refractivity contribution in [3.8, 4) is 11.3 Å². The van der Waals surface area contributed by atoms with Crippen molar-refractivity contribution >= 4 is 29.1 Å². The van der Waals surface area contributed by atoms with Gasteiger partial charge in [0.15, 0.2) is 0 Å². The van der Waals surface area contributed by atoms with E-state index in [9.17, 15) is 9.59 Å². The third-order valence-electron chi connectivity index (χ3n) is 3.57. The van der Waals surface area contributed by atoms with Crippen molar-refractivity contribution in [1.82, 2.24) is 15.5 Å². The number of H-pyrrole nitrogens is 1. The lowest BCUT2D eigenvalue weighted by Gasteiger charge is -2.08. The molecule has 0 aliphatic heterocycles. The molecule has 0 aliphatic rings. The summed E-state index contributed by atoms with van der Waals surface area (Å²) >= 11 is 11.9. The van der Waals surface area contributed by atoms with E-state index in [1.165, 1.54) is 6.07 Å². The van der Waals surface area contributed by atoms with E-state index in [4.69, 9.17) is 23.2 Å². The molecule has 0 fully saturated rings. The zero-order chi connectivity index (χ0) is 17.8. The Morgan fingerprint density at radius 1 is 1.08 bits per heavy atom. The minimum Gasteiger partial charge on any atom is -0.348 e. The number of amides is 1. The molecule has 1 aromatic heterocycles. The summed E-state index contributed by atoms with van der Waals surface area (Å²) in [7, 11) is 0. The molecule has 0 radical (unpaired) electrons. The minimum atomic E-state index is -0.556. The molecule has 0 bridgehead atoms. The molecule has 0 saturated carbocycles. The quantitative estimate of drug-likeness (QED) is 0.732. The highest BCUT2D eigenvalue weighted by atomic mass is 35.5. The molecule has 0 spiro atoms. The molecule has 126 valence electrons. The fourth-order valence-corrected chi connectivity index (χ4v) is 2.74. The van der Waals surface area contributed by atoms with Gasteiger partial charge in [-0.2, -0.15) is 5.10 Å². The van der Waals surface area contributed by atoms with Gasteiger partial charge >= 0.3 is 0 Å². The van der Waals surface area contributed by atoms with Crippen LogP contribution in [-0.4, -0.2) is 16.1 Å². The van der Waals surface area contributed by atoms with Crippen LogP contribution in [0.2, 0.25) is 10.0 Å². The minimum absolute atomic E-state index is 0.0149. The maximum Gasteiger partial charge on any atom is 0.277 e. The molecule has 7 heteroatoms. The summed E-state index contributed by atoms with van der Waals surface area (Å²) in [6.07, 6.45) is 0. The topological polar surface area (TPSA) is 74.8 Å². The van der Waals surface area contributed by atoms with Crippen molar-refractivity contribution in [1.29, 1.82) is 0 Å². The van der Waals surface area contributed by atoms with Crippen LogP contribution >= 0.6 is 23.2 Å². The summed E-state index contributed by atoms with van der Waals surface area (Å²) in [6.45, 7) is 0.178. The third-order valence-corrected chi connectivity index (χ3v) is 4.16. The van der Waals surface area contributed by atoms with Gasteiger partial charge < -0.3 is 5.32 Å². The predicted octanol–water partition coefficient (Wildman–Crippen LogP) is 3.67. The van der Waals surface area contributed by atoms with Crippen molar-refractivity contribution in [2.24, 2.45) is 0 Å². The average molecular weight is 374 g/mol. The van der Waals surface area contributed by atoms with Crippen LogP contribution in [0.5, 0.6) is 0 Å². The van der Waals surface area contributed by atoms with E-state index < -0.39 is 11.5 Å². The lowest BCUT2D eigenvalue weighted by molar-refractivity contribution is 0.0949. The fourth-order valence-electron chi connectivity index (χ4n) is 2.27. The maximum absolute atomic E-state index is 12.4. The lowest BCUT2D eigenvalue weighted by Crippen LogP contribution is -2.29. The molecule has 25 heavy (non-hydrogen) atoms. The van der Waals surface area contributed by atoms with Gasteiger partial charge in [-0.05, 0) is 23.8 Å². The Bertz CT molecular complexity index is 972. The van der Waals surface area contributed by atoms with Crippen molar-refractivity contribution in [3.05, 3.63) is 86.1 Å². The molecule has 0 unspecified atom stereocenters. The number of rotatable bonds is 4. The van der Waals surface area contributed by atoms with Crippen molar-refractivity contribution in [2.75, 3.05) is 0 Å². The zero-order valence-electron chi connectivity index (χ0n) is 12.9. The Labute approximate surface area is 153 Å². The second-order valence-electron chi connectivity index (χ2n) is 5.28. The third kappa shape index (κ3) is 4.07. The van der Waals surface area contributed by atoms with Gasteiger partial charge in [0, 0.05) is 22.2 Å². The van der Waals surface area contributed by atoms with E-state index in [1.54, 1.807) is 18.2 Å². The highest BCUT2D eigenvalue weighted by Crippen LogP contribution is 2.21. The Balaban J connectivity index is 1.81. The van der Waals surface area contributed by atoms with Crippen molar-refractivity contribution < 1.29 is 4.79 Å². The van der Waals surface area contributed by atoms with Gasteiger partial charge in [0.2, 0.25) is 0 Å². The number of hydrogen-bond acceptors (Lipinski definition) is 3. The van der Waals surface area contributed by atoms with E-state index in [0.717, 1.165) is 5.56 Å². The fraction of sp³-hybridized carbons (Fsp3) is 0.0556. The van der Waals surface area contributed by atoms with Gasteiger partial charge in [0.25, 0.3) is 11.5 Å². The van der Waals surface area contributed by atoms with E-state index in [1.807, 2.05) is 30.3 Å². The van der Waals surface area contributed by atoms with Crippen molar-refractivity contribution in [3.63, 3.8) is 0 Å². The Morgan fingerprint density at radius 3 is 2.56 bits per heavy atom. The Kier molecular flexibility index (Phi) is 5.16. The second kappa shape index (κ2) is 7.51. The molecule has 0 aliphatic carbocycles. The molecule has 3 rings (SSSR count). The van der Waals surface area contributed by atoms with Crippen molar-refractivity contribution in [2.45, 2.75) is 6.54 Å². The van der Waals surface area contributed by atoms with Crippen LogP contribution in [0.25, 0.3) is 11.3 Å². The standard InChI is InChI=1S/C18H13Cl2N3O2/c19-13-7-6-12(15(20)8-13)10-21-17(24)14-9-16(22-23-18(14)25)11-4-2-1-3-5-11/h1-9H,10H2,(H,21,24)(H,23,25). The van der Waals surface area contributed by atoms with Gasteiger partial charge in [-0.1, -0.05) is 59.6 Å². The van der Waals surface area contributed by atoms with Crippen LogP contribution in [-0.2, 0) is 6.54 Å². The van der Waals surface area contributed by atoms with Gasteiger partial charge in [0.1, 0.15) is 5.56 Å². The summed E-state index contributed by atoms with van der Waals surface area (Å²) in [4.78, 5) is 24.3. The van der Waals surface area contributed by atoms with E-state index >= 15 is 0 Å². The number of hydrogen-bond donors (Lipinski definition) is 2. The van der Waals surface area contributed by atoms with Crippen LogP contribution in [0.3, 0.4) is 0 Å². The summed E-state index contributed by atoms with van der Waals surface area (Å²) in [5.41, 5.74) is 1.44. The first kappa shape index (κ1) is 17.2. The maximum atomic E-state index is 12.4. The van der Waals surface area contributed by atoms with Crippen LogP contribution < -0.4 is 10.9 Å². The molecule has 1 heterocycles. The van der Waals surface area contributed by atoms with Crippen LogP contribution in [0.15, 0.2) is 59.4 Å². The largest absolute Gasteiger partial charge is 0.348 e. The molecular weight excluding hydrogens is 361 g/mol. The number of aromatic nitrogens is 2. The number of nitrogens with one attached hydrogen (secondary N) is 2. The second-order valence-corrected chi connectivity index (χ2v) is 6.12. The highest BCUT2D eigenvalue weighted by Gasteiger charge is 2.13. The number of halogens is 2. The normalized spacial score (nSPS) is 10.5. The summed E-state index contributed by atoms with van der Waals surface area (Å²) < 4.78 is 0. The van der Waals surface area contributed by atoms with Gasteiger partial charge in [0.05, 0.1) is 5.69 Å². The molecule has 0 atom stereocenters. The zero-order valence-corrected chi connectivity index (χ0v) is 14.4. The molecule has 3 aromatic rings. The number of carbonyl (C=O) groups excluding carboxylic acids is 1. The van der Waals surface area contributed by atoms with Gasteiger partial charge in [-0.25, -0.2) is 5.10 Å². The van der Waals surface area contributed by atoms with Crippen LogP contribution in [0.4, 0.5) is 0 Å². The average Bonchev–Trinajstić information content (AvgIpc) is 2.62.